The van der Waals surface area contributed by atoms with Crippen LogP contribution in [0.1, 0.15) is 68.0 Å². The van der Waals surface area contributed by atoms with Crippen LogP contribution in [0.4, 0.5) is 0 Å². The van der Waals surface area contributed by atoms with Crippen LogP contribution in [0.25, 0.3) is 0 Å². The summed E-state index contributed by atoms with van der Waals surface area (Å²) in [4.78, 5) is 6.42. The summed E-state index contributed by atoms with van der Waals surface area (Å²) in [5, 5.41) is 4.87. The van der Waals surface area contributed by atoms with E-state index in [4.69, 9.17) is 9.72 Å². The fraction of sp³-hybridized carbons (Fsp3) is 0.812. The second kappa shape index (κ2) is 6.12. The fourth-order valence-electron chi connectivity index (χ4n) is 3.33. The molecule has 3 nitrogen and oxygen atoms in total. The van der Waals surface area contributed by atoms with Crippen molar-refractivity contribution in [3.8, 4) is 0 Å². The molecule has 0 saturated carbocycles. The Morgan fingerprint density at radius 3 is 2.85 bits per heavy atom. The largest absolute Gasteiger partial charge is 0.374 e. The van der Waals surface area contributed by atoms with E-state index in [0.717, 1.165) is 13.0 Å². The van der Waals surface area contributed by atoms with Gasteiger partial charge in [0.1, 0.15) is 0 Å². The Labute approximate surface area is 126 Å². The highest BCUT2D eigenvalue weighted by atomic mass is 32.1. The molecular formula is C16H26N2OS. The van der Waals surface area contributed by atoms with Gasteiger partial charge in [0.2, 0.25) is 0 Å². The highest BCUT2D eigenvalue weighted by Crippen LogP contribution is 2.45. The minimum atomic E-state index is 0.450. The summed E-state index contributed by atoms with van der Waals surface area (Å²) >= 11 is 1.92. The lowest BCUT2D eigenvalue weighted by Gasteiger charge is -2.15. The van der Waals surface area contributed by atoms with Crippen molar-refractivity contribution in [2.24, 2.45) is 0 Å². The zero-order valence-electron chi connectivity index (χ0n) is 12.8. The van der Waals surface area contributed by atoms with Crippen molar-refractivity contribution in [2.45, 2.75) is 83.6 Å². The third-order valence-electron chi connectivity index (χ3n) is 4.38. The van der Waals surface area contributed by atoms with E-state index in [9.17, 15) is 0 Å². The molecule has 3 rings (SSSR count). The van der Waals surface area contributed by atoms with Gasteiger partial charge in [-0.25, -0.2) is 4.98 Å². The molecule has 1 N–H and O–H groups in total. The number of thiazole rings is 1. The van der Waals surface area contributed by atoms with Crippen LogP contribution in [0.2, 0.25) is 0 Å². The molecular weight excluding hydrogens is 268 g/mol. The summed E-state index contributed by atoms with van der Waals surface area (Å²) in [7, 11) is 0. The van der Waals surface area contributed by atoms with Gasteiger partial charge < -0.3 is 10.1 Å². The van der Waals surface area contributed by atoms with Gasteiger partial charge in [-0.1, -0.05) is 27.2 Å². The standard InChI is InChI=1S/C16H26N2OS/c1-4-5-13-15(9-17-10(2)3)20-16(18-13)12-8-11-6-7-14(12)19-11/h10-12,14,17H,4-9H2,1-3H3. The van der Waals surface area contributed by atoms with Crippen LogP contribution in [-0.4, -0.2) is 23.2 Å². The average molecular weight is 294 g/mol. The van der Waals surface area contributed by atoms with E-state index in [-0.39, 0.29) is 0 Å². The number of hydrogen-bond acceptors (Lipinski definition) is 4. The van der Waals surface area contributed by atoms with E-state index in [1.165, 1.54) is 41.3 Å². The third-order valence-corrected chi connectivity index (χ3v) is 5.61. The molecule has 2 saturated heterocycles. The topological polar surface area (TPSA) is 34.1 Å². The van der Waals surface area contributed by atoms with E-state index in [1.807, 2.05) is 11.3 Å². The Bertz CT molecular complexity index is 457. The highest BCUT2D eigenvalue weighted by Gasteiger charge is 2.43. The Morgan fingerprint density at radius 2 is 2.25 bits per heavy atom. The normalized spacial score (nSPS) is 28.7. The number of nitrogens with one attached hydrogen (secondary N) is 1. The van der Waals surface area contributed by atoms with Crippen molar-refractivity contribution in [1.29, 1.82) is 0 Å². The number of aromatic nitrogens is 1. The molecule has 0 aromatic carbocycles. The van der Waals surface area contributed by atoms with Gasteiger partial charge in [0.25, 0.3) is 0 Å². The maximum Gasteiger partial charge on any atom is 0.0989 e. The minimum Gasteiger partial charge on any atom is -0.374 e. The molecule has 3 atom stereocenters. The lowest BCUT2D eigenvalue weighted by molar-refractivity contribution is 0.100. The summed E-state index contributed by atoms with van der Waals surface area (Å²) < 4.78 is 6.00. The molecule has 112 valence electrons. The number of fused-ring (bicyclic) bond motifs is 2. The van der Waals surface area contributed by atoms with Crippen LogP contribution in [-0.2, 0) is 17.7 Å². The SMILES string of the molecule is CCCc1nc(C2CC3CCC2O3)sc1CNC(C)C. The monoisotopic (exact) mass is 294 g/mol. The van der Waals surface area contributed by atoms with E-state index < -0.39 is 0 Å². The molecule has 1 aromatic rings. The average Bonchev–Trinajstić information content (AvgIpc) is 3.11. The molecule has 3 heterocycles. The second-order valence-corrected chi connectivity index (χ2v) is 7.54. The summed E-state index contributed by atoms with van der Waals surface area (Å²) in [6.45, 7) is 7.60. The van der Waals surface area contributed by atoms with Crippen molar-refractivity contribution in [2.75, 3.05) is 0 Å². The van der Waals surface area contributed by atoms with E-state index >= 15 is 0 Å². The van der Waals surface area contributed by atoms with Crippen LogP contribution in [0.15, 0.2) is 0 Å². The Balaban J connectivity index is 1.76. The van der Waals surface area contributed by atoms with Crippen LogP contribution < -0.4 is 5.32 Å². The zero-order chi connectivity index (χ0) is 14.1. The molecule has 2 aliphatic heterocycles. The predicted molar refractivity (Wildman–Crippen MR) is 83.3 cm³/mol. The van der Waals surface area contributed by atoms with Crippen LogP contribution in [0, 0.1) is 0 Å². The van der Waals surface area contributed by atoms with Gasteiger partial charge in [-0.15, -0.1) is 11.3 Å². The maximum absolute atomic E-state index is 6.00. The predicted octanol–water partition coefficient (Wildman–Crippen LogP) is 3.63. The zero-order valence-corrected chi connectivity index (χ0v) is 13.6. The molecule has 0 aliphatic carbocycles. The summed E-state index contributed by atoms with van der Waals surface area (Å²) in [5.74, 6) is 0.571. The van der Waals surface area contributed by atoms with Crippen LogP contribution in [0.3, 0.4) is 0 Å². The van der Waals surface area contributed by atoms with Gasteiger partial charge in [0.05, 0.1) is 22.9 Å². The first-order valence-electron chi connectivity index (χ1n) is 8.04. The van der Waals surface area contributed by atoms with Gasteiger partial charge in [-0.2, -0.15) is 0 Å². The molecule has 20 heavy (non-hydrogen) atoms. The molecule has 4 heteroatoms. The molecule has 1 aromatic heterocycles. The van der Waals surface area contributed by atoms with Gasteiger partial charge in [-0.3, -0.25) is 0 Å². The van der Waals surface area contributed by atoms with Crippen molar-refractivity contribution in [1.82, 2.24) is 10.3 Å². The molecule has 0 spiro atoms. The number of hydrogen-bond donors (Lipinski definition) is 1. The quantitative estimate of drug-likeness (QED) is 0.870. The molecule has 2 bridgehead atoms. The van der Waals surface area contributed by atoms with Crippen LogP contribution in [0.5, 0.6) is 0 Å². The molecule has 0 radical (unpaired) electrons. The number of nitrogens with zero attached hydrogens (tertiary/aromatic N) is 1. The first-order valence-corrected chi connectivity index (χ1v) is 8.86. The third kappa shape index (κ3) is 2.92. The van der Waals surface area contributed by atoms with Gasteiger partial charge >= 0.3 is 0 Å². The maximum atomic E-state index is 6.00. The first-order chi connectivity index (χ1) is 9.67. The summed E-state index contributed by atoms with van der Waals surface area (Å²) in [6, 6.07) is 0.529. The molecule has 2 fully saturated rings. The second-order valence-electron chi connectivity index (χ2n) is 6.42. The van der Waals surface area contributed by atoms with Gasteiger partial charge in [0.15, 0.2) is 0 Å². The minimum absolute atomic E-state index is 0.450. The van der Waals surface area contributed by atoms with E-state index in [2.05, 4.69) is 26.1 Å². The fourth-order valence-corrected chi connectivity index (χ4v) is 4.56. The van der Waals surface area contributed by atoms with Gasteiger partial charge in [-0.05, 0) is 25.7 Å². The number of ether oxygens (including phenoxy) is 1. The first kappa shape index (κ1) is 14.5. The van der Waals surface area contributed by atoms with Gasteiger partial charge in [0, 0.05) is 23.4 Å². The summed E-state index contributed by atoms with van der Waals surface area (Å²) in [5.41, 5.74) is 1.32. The van der Waals surface area contributed by atoms with Crippen molar-refractivity contribution < 1.29 is 4.74 Å². The van der Waals surface area contributed by atoms with Crippen molar-refractivity contribution in [3.05, 3.63) is 15.6 Å². The summed E-state index contributed by atoms with van der Waals surface area (Å²) in [6.07, 6.45) is 6.93. The smallest absolute Gasteiger partial charge is 0.0989 e. The number of aryl methyl sites for hydroxylation is 1. The Kier molecular flexibility index (Phi) is 4.43. The van der Waals surface area contributed by atoms with Crippen molar-refractivity contribution in [3.63, 3.8) is 0 Å². The van der Waals surface area contributed by atoms with Crippen molar-refractivity contribution >= 4 is 11.3 Å². The van der Waals surface area contributed by atoms with E-state index in [0.29, 0.717) is 24.2 Å². The van der Waals surface area contributed by atoms with E-state index in [1.54, 1.807) is 0 Å². The number of rotatable bonds is 6. The highest BCUT2D eigenvalue weighted by molar-refractivity contribution is 7.11. The molecule has 2 aliphatic rings. The van der Waals surface area contributed by atoms with Crippen LogP contribution >= 0.6 is 11.3 Å². The Hall–Kier alpha value is -0.450. The lowest BCUT2D eigenvalue weighted by atomic mass is 9.90. The lowest BCUT2D eigenvalue weighted by Crippen LogP contribution is -2.21. The Morgan fingerprint density at radius 1 is 1.40 bits per heavy atom. The molecule has 3 unspecified atom stereocenters. The molecule has 0 amide bonds.